The molecular weight excluding hydrogens is 486 g/mol. The van der Waals surface area contributed by atoms with Gasteiger partial charge in [-0.25, -0.2) is 4.79 Å². The summed E-state index contributed by atoms with van der Waals surface area (Å²) in [6, 6.07) is 5.65. The van der Waals surface area contributed by atoms with E-state index < -0.39 is 23.8 Å². The van der Waals surface area contributed by atoms with Crippen LogP contribution in [0.25, 0.3) is 0 Å². The zero-order valence-corrected chi connectivity index (χ0v) is 23.8. The number of alkyl carbamates (subject to hydrolysis) is 1. The van der Waals surface area contributed by atoms with Crippen LogP contribution in [0.5, 0.6) is 0 Å². The number of nitrogens with zero attached hydrogens (tertiary/aromatic N) is 1. The Hall–Kier alpha value is -2.66. The van der Waals surface area contributed by atoms with Crippen LogP contribution in [-0.4, -0.2) is 59.0 Å². The second-order valence-corrected chi connectivity index (χ2v) is 11.5. The molecule has 204 valence electrons. The summed E-state index contributed by atoms with van der Waals surface area (Å²) < 4.78 is 5.43. The van der Waals surface area contributed by atoms with Crippen LogP contribution in [-0.2, 0) is 14.3 Å². The molecule has 0 radical (unpaired) electrons. The fraction of sp³-hybridized carbons (Fsp3) is 0.621. The standard InChI is InChI=1S/C29H43N3O4S/c1-7-19-32(27(34)24(18-20-37-6)31-28(35)36-29(3,4)5)25(22-16-14-21(8-2)15-17-22)26(33)30-23-12-10-9-11-13-23/h2,14-17,23-25H,7,9-13,18-20H2,1,3-6H3,(H,30,33)(H,31,35). The summed E-state index contributed by atoms with van der Waals surface area (Å²) in [4.78, 5) is 42.0. The Bertz CT molecular complexity index is 930. The van der Waals surface area contributed by atoms with Crippen LogP contribution in [0.2, 0.25) is 0 Å². The number of hydrogen-bond donors (Lipinski definition) is 2. The van der Waals surface area contributed by atoms with Gasteiger partial charge in [0.2, 0.25) is 11.8 Å². The van der Waals surface area contributed by atoms with Crippen LogP contribution >= 0.6 is 11.8 Å². The second kappa shape index (κ2) is 14.9. The topological polar surface area (TPSA) is 87.7 Å². The molecule has 1 fully saturated rings. The first-order valence-electron chi connectivity index (χ1n) is 13.3. The van der Waals surface area contributed by atoms with Gasteiger partial charge in [-0.15, -0.1) is 6.42 Å². The average molecular weight is 530 g/mol. The van der Waals surface area contributed by atoms with E-state index in [-0.39, 0.29) is 17.9 Å². The predicted molar refractivity (Wildman–Crippen MR) is 150 cm³/mol. The average Bonchev–Trinajstić information content (AvgIpc) is 2.85. The van der Waals surface area contributed by atoms with Gasteiger partial charge in [-0.2, -0.15) is 11.8 Å². The van der Waals surface area contributed by atoms with Gasteiger partial charge in [0.1, 0.15) is 17.7 Å². The summed E-state index contributed by atoms with van der Waals surface area (Å²) >= 11 is 1.59. The number of nitrogens with one attached hydrogen (secondary N) is 2. The third-order valence-corrected chi connectivity index (χ3v) is 6.90. The first-order chi connectivity index (χ1) is 17.6. The lowest BCUT2D eigenvalue weighted by molar-refractivity contribution is -0.143. The molecule has 1 aliphatic rings. The minimum Gasteiger partial charge on any atom is -0.444 e. The number of carbonyl (C=O) groups is 3. The Morgan fingerprint density at radius 3 is 2.35 bits per heavy atom. The number of benzene rings is 1. The monoisotopic (exact) mass is 529 g/mol. The maximum absolute atomic E-state index is 14.0. The third kappa shape index (κ3) is 9.96. The highest BCUT2D eigenvalue weighted by atomic mass is 32.2. The van der Waals surface area contributed by atoms with Crippen molar-refractivity contribution in [3.05, 3.63) is 35.4 Å². The van der Waals surface area contributed by atoms with Gasteiger partial charge in [-0.1, -0.05) is 44.2 Å². The molecule has 0 aliphatic heterocycles. The molecule has 8 heteroatoms. The van der Waals surface area contributed by atoms with E-state index in [0.29, 0.717) is 36.3 Å². The van der Waals surface area contributed by atoms with Gasteiger partial charge in [0.05, 0.1) is 0 Å². The van der Waals surface area contributed by atoms with Crippen LogP contribution in [0.3, 0.4) is 0 Å². The zero-order chi connectivity index (χ0) is 27.4. The number of thioether (sulfide) groups is 1. The highest BCUT2D eigenvalue weighted by Gasteiger charge is 2.36. The van der Waals surface area contributed by atoms with Crippen molar-refractivity contribution in [2.75, 3.05) is 18.6 Å². The van der Waals surface area contributed by atoms with Gasteiger partial charge < -0.3 is 20.3 Å². The molecule has 0 bridgehead atoms. The van der Waals surface area contributed by atoms with E-state index in [0.717, 1.165) is 25.7 Å². The Balaban J connectivity index is 2.41. The summed E-state index contributed by atoms with van der Waals surface area (Å²) in [7, 11) is 0. The molecule has 7 nitrogen and oxygen atoms in total. The summed E-state index contributed by atoms with van der Waals surface area (Å²) in [6.45, 7) is 7.67. The van der Waals surface area contributed by atoms with Gasteiger partial charge >= 0.3 is 6.09 Å². The number of rotatable bonds is 11. The number of amides is 3. The van der Waals surface area contributed by atoms with Crippen LogP contribution in [0.1, 0.15) is 89.8 Å². The number of ether oxygens (including phenoxy) is 1. The van der Waals surface area contributed by atoms with Gasteiger partial charge in [-0.05, 0) is 76.2 Å². The Kier molecular flexibility index (Phi) is 12.3. The zero-order valence-electron chi connectivity index (χ0n) is 23.0. The molecule has 2 rings (SSSR count). The minimum absolute atomic E-state index is 0.0967. The van der Waals surface area contributed by atoms with Crippen LogP contribution in [0.4, 0.5) is 4.79 Å². The van der Waals surface area contributed by atoms with E-state index in [4.69, 9.17) is 11.2 Å². The minimum atomic E-state index is -0.835. The van der Waals surface area contributed by atoms with Crippen molar-refractivity contribution in [1.29, 1.82) is 0 Å². The predicted octanol–water partition coefficient (Wildman–Crippen LogP) is 5.04. The van der Waals surface area contributed by atoms with Crippen molar-refractivity contribution in [1.82, 2.24) is 15.5 Å². The van der Waals surface area contributed by atoms with Crippen molar-refractivity contribution < 1.29 is 19.1 Å². The molecule has 2 unspecified atom stereocenters. The molecule has 37 heavy (non-hydrogen) atoms. The van der Waals surface area contributed by atoms with Crippen molar-refractivity contribution in [3.63, 3.8) is 0 Å². The van der Waals surface area contributed by atoms with Crippen LogP contribution in [0.15, 0.2) is 24.3 Å². The van der Waals surface area contributed by atoms with E-state index >= 15 is 0 Å². The quantitative estimate of drug-likeness (QED) is 0.392. The molecule has 1 aliphatic carbocycles. The molecule has 1 aromatic rings. The van der Waals surface area contributed by atoms with Gasteiger partial charge in [-0.3, -0.25) is 9.59 Å². The first kappa shape index (κ1) is 30.6. The summed E-state index contributed by atoms with van der Waals surface area (Å²) in [5.74, 6) is 2.77. The summed E-state index contributed by atoms with van der Waals surface area (Å²) in [5, 5.41) is 5.97. The molecule has 1 saturated carbocycles. The van der Waals surface area contributed by atoms with Gasteiger partial charge in [0.15, 0.2) is 0 Å². The van der Waals surface area contributed by atoms with E-state index in [1.54, 1.807) is 49.6 Å². The number of carbonyl (C=O) groups excluding carboxylic acids is 3. The normalized spacial score (nSPS) is 15.7. The third-order valence-electron chi connectivity index (χ3n) is 6.25. The second-order valence-electron chi connectivity index (χ2n) is 10.5. The molecule has 0 heterocycles. The molecule has 0 saturated heterocycles. The van der Waals surface area contributed by atoms with Crippen molar-refractivity contribution in [2.45, 2.75) is 96.4 Å². The van der Waals surface area contributed by atoms with Crippen molar-refractivity contribution in [2.24, 2.45) is 0 Å². The van der Waals surface area contributed by atoms with Crippen molar-refractivity contribution in [3.8, 4) is 12.3 Å². The van der Waals surface area contributed by atoms with E-state index in [1.807, 2.05) is 25.3 Å². The SMILES string of the molecule is C#Cc1ccc(C(C(=O)NC2CCCCC2)N(CCC)C(=O)C(CCSC)NC(=O)OC(C)(C)C)cc1. The molecular formula is C29H43N3O4S. The fourth-order valence-corrected chi connectivity index (χ4v) is 4.98. The fourth-order valence-electron chi connectivity index (χ4n) is 4.51. The molecule has 0 aromatic heterocycles. The lowest BCUT2D eigenvalue weighted by atomic mass is 9.94. The lowest BCUT2D eigenvalue weighted by Crippen LogP contribution is -2.54. The maximum Gasteiger partial charge on any atom is 0.408 e. The molecule has 3 amide bonds. The number of terminal acetylenes is 1. The Morgan fingerprint density at radius 2 is 1.81 bits per heavy atom. The number of hydrogen-bond acceptors (Lipinski definition) is 5. The molecule has 0 spiro atoms. The van der Waals surface area contributed by atoms with Gasteiger partial charge in [0.25, 0.3) is 0 Å². The van der Waals surface area contributed by atoms with E-state index in [9.17, 15) is 14.4 Å². The summed E-state index contributed by atoms with van der Waals surface area (Å²) in [6.07, 6.45) is 13.1. The smallest absolute Gasteiger partial charge is 0.408 e. The highest BCUT2D eigenvalue weighted by Crippen LogP contribution is 2.26. The van der Waals surface area contributed by atoms with Crippen LogP contribution in [0, 0.1) is 12.3 Å². The highest BCUT2D eigenvalue weighted by molar-refractivity contribution is 7.98. The molecule has 1 aromatic carbocycles. The Morgan fingerprint density at radius 1 is 1.16 bits per heavy atom. The van der Waals surface area contributed by atoms with Crippen molar-refractivity contribution >= 4 is 29.7 Å². The Labute approximate surface area is 226 Å². The van der Waals surface area contributed by atoms with Gasteiger partial charge in [0, 0.05) is 18.2 Å². The largest absolute Gasteiger partial charge is 0.444 e. The molecule has 2 atom stereocenters. The summed E-state index contributed by atoms with van der Waals surface area (Å²) in [5.41, 5.74) is 0.699. The van der Waals surface area contributed by atoms with E-state index in [2.05, 4.69) is 16.6 Å². The first-order valence-corrected chi connectivity index (χ1v) is 14.6. The molecule has 2 N–H and O–H groups in total. The van der Waals surface area contributed by atoms with E-state index in [1.165, 1.54) is 6.42 Å². The lowest BCUT2D eigenvalue weighted by Gasteiger charge is -2.35. The van der Waals surface area contributed by atoms with Crippen LogP contribution < -0.4 is 10.6 Å². The maximum atomic E-state index is 14.0.